The van der Waals surface area contributed by atoms with Gasteiger partial charge in [0.1, 0.15) is 0 Å². The topological polar surface area (TPSA) is 97.8 Å². The molecule has 2 heterocycles. The molecule has 0 unspecified atom stereocenters. The molecular weight excluding hydrogens is 312 g/mol. The maximum absolute atomic E-state index is 5.38. The van der Waals surface area contributed by atoms with E-state index in [0.717, 1.165) is 15.9 Å². The molecule has 0 atom stereocenters. The monoisotopic (exact) mass is 326 g/mol. The first-order valence-corrected chi connectivity index (χ1v) is 6.35. The Morgan fingerprint density at radius 1 is 1.21 bits per heavy atom. The van der Waals surface area contributed by atoms with Gasteiger partial charge < -0.3 is 4.90 Å². The Kier molecular flexibility index (Phi) is 3.67. The summed E-state index contributed by atoms with van der Waals surface area (Å²) in [6.45, 7) is 3.84. The second-order valence-corrected chi connectivity index (χ2v) is 4.99. The zero-order valence-electron chi connectivity index (χ0n) is 11.1. The van der Waals surface area contributed by atoms with Crippen LogP contribution in [0.4, 0.5) is 11.9 Å². The standard InChI is InChI=1S/C10H15BrN8/c1-5-7(11)6(2)19(17-5)10-14-8(16-12)13-9(15-10)18(3)4/h12H2,1-4H3,(H,13,14,15,16). The third-order valence-electron chi connectivity index (χ3n) is 2.53. The van der Waals surface area contributed by atoms with E-state index in [0.29, 0.717) is 11.9 Å². The molecule has 0 aliphatic heterocycles. The highest BCUT2D eigenvalue weighted by molar-refractivity contribution is 9.10. The molecule has 0 aliphatic rings. The SMILES string of the molecule is Cc1nn(-c2nc(NN)nc(N(C)C)n2)c(C)c1Br. The van der Waals surface area contributed by atoms with Gasteiger partial charge in [-0.05, 0) is 29.8 Å². The zero-order chi connectivity index (χ0) is 14.2. The van der Waals surface area contributed by atoms with Crippen LogP contribution in [-0.4, -0.2) is 38.8 Å². The van der Waals surface area contributed by atoms with Crippen molar-refractivity contribution in [2.75, 3.05) is 24.4 Å². The Morgan fingerprint density at radius 2 is 1.89 bits per heavy atom. The maximum atomic E-state index is 5.38. The number of aryl methyl sites for hydroxylation is 1. The second-order valence-electron chi connectivity index (χ2n) is 4.19. The molecule has 0 saturated heterocycles. The van der Waals surface area contributed by atoms with Gasteiger partial charge in [0.2, 0.25) is 11.9 Å². The number of nitrogens with two attached hydrogens (primary N) is 1. The van der Waals surface area contributed by atoms with Crippen molar-refractivity contribution in [2.45, 2.75) is 13.8 Å². The van der Waals surface area contributed by atoms with Crippen molar-refractivity contribution in [3.8, 4) is 5.95 Å². The third kappa shape index (κ3) is 2.51. The number of anilines is 2. The van der Waals surface area contributed by atoms with Gasteiger partial charge in [-0.2, -0.15) is 20.1 Å². The van der Waals surface area contributed by atoms with Crippen molar-refractivity contribution in [3.05, 3.63) is 15.9 Å². The van der Waals surface area contributed by atoms with Gasteiger partial charge in [0.25, 0.3) is 5.95 Å². The van der Waals surface area contributed by atoms with E-state index in [-0.39, 0.29) is 5.95 Å². The van der Waals surface area contributed by atoms with Crippen LogP contribution in [0.15, 0.2) is 4.47 Å². The van der Waals surface area contributed by atoms with E-state index in [9.17, 15) is 0 Å². The van der Waals surface area contributed by atoms with Crippen LogP contribution in [0.3, 0.4) is 0 Å². The number of rotatable bonds is 3. The Balaban J connectivity index is 2.61. The van der Waals surface area contributed by atoms with E-state index in [1.54, 1.807) is 9.58 Å². The number of hydrogen-bond acceptors (Lipinski definition) is 7. The van der Waals surface area contributed by atoms with E-state index in [1.165, 1.54) is 0 Å². The molecule has 2 aromatic rings. The lowest BCUT2D eigenvalue weighted by Crippen LogP contribution is -2.19. The van der Waals surface area contributed by atoms with Gasteiger partial charge in [-0.25, -0.2) is 10.5 Å². The molecule has 0 fully saturated rings. The van der Waals surface area contributed by atoms with Gasteiger partial charge in [0.15, 0.2) is 0 Å². The minimum absolute atomic E-state index is 0.289. The summed E-state index contributed by atoms with van der Waals surface area (Å²) in [4.78, 5) is 14.5. The first-order valence-electron chi connectivity index (χ1n) is 5.56. The number of nitrogens with zero attached hydrogens (tertiary/aromatic N) is 6. The number of nitrogens with one attached hydrogen (secondary N) is 1. The Labute approximate surface area is 119 Å². The van der Waals surface area contributed by atoms with Crippen molar-refractivity contribution in [2.24, 2.45) is 5.84 Å². The van der Waals surface area contributed by atoms with Crippen LogP contribution in [0.25, 0.3) is 5.95 Å². The highest BCUT2D eigenvalue weighted by Gasteiger charge is 2.15. The van der Waals surface area contributed by atoms with E-state index in [2.05, 4.69) is 41.4 Å². The first kappa shape index (κ1) is 13.7. The molecule has 19 heavy (non-hydrogen) atoms. The molecule has 0 aliphatic carbocycles. The summed E-state index contributed by atoms with van der Waals surface area (Å²) < 4.78 is 2.58. The highest BCUT2D eigenvalue weighted by atomic mass is 79.9. The lowest BCUT2D eigenvalue weighted by molar-refractivity contribution is 0.760. The van der Waals surface area contributed by atoms with Gasteiger partial charge in [-0.15, -0.1) is 0 Å². The number of hydrogen-bond donors (Lipinski definition) is 2. The van der Waals surface area contributed by atoms with Gasteiger partial charge >= 0.3 is 0 Å². The van der Waals surface area contributed by atoms with Crippen molar-refractivity contribution in [1.29, 1.82) is 0 Å². The molecule has 0 amide bonds. The van der Waals surface area contributed by atoms with Crippen molar-refractivity contribution < 1.29 is 0 Å². The summed E-state index contributed by atoms with van der Waals surface area (Å²) in [5.74, 6) is 6.58. The molecule has 2 aromatic heterocycles. The fourth-order valence-corrected chi connectivity index (χ4v) is 1.78. The molecule has 102 valence electrons. The average Bonchev–Trinajstić information content (AvgIpc) is 2.66. The minimum Gasteiger partial charge on any atom is -0.347 e. The molecule has 3 N–H and O–H groups in total. The summed E-state index contributed by atoms with van der Waals surface area (Å²) in [5.41, 5.74) is 4.21. The van der Waals surface area contributed by atoms with Crippen molar-refractivity contribution in [1.82, 2.24) is 24.7 Å². The molecular formula is C10H15BrN8. The summed E-state index contributed by atoms with van der Waals surface area (Å²) >= 11 is 3.48. The molecule has 0 bridgehead atoms. The number of aromatic nitrogens is 5. The Hall–Kier alpha value is -1.74. The number of hydrazine groups is 1. The molecule has 0 radical (unpaired) electrons. The fraction of sp³-hybridized carbons (Fsp3) is 0.400. The zero-order valence-corrected chi connectivity index (χ0v) is 12.7. The predicted octanol–water partition coefficient (Wildman–Crippen LogP) is 0.788. The van der Waals surface area contributed by atoms with Gasteiger partial charge in [0.05, 0.1) is 15.9 Å². The maximum Gasteiger partial charge on any atom is 0.257 e. The van der Waals surface area contributed by atoms with Crippen molar-refractivity contribution >= 4 is 27.8 Å². The Bertz CT molecular complexity index is 606. The van der Waals surface area contributed by atoms with Gasteiger partial charge in [0, 0.05) is 14.1 Å². The lowest BCUT2D eigenvalue weighted by Gasteiger charge is -2.12. The molecule has 0 saturated carbocycles. The quantitative estimate of drug-likeness (QED) is 0.635. The fourth-order valence-electron chi connectivity index (χ4n) is 1.53. The summed E-state index contributed by atoms with van der Waals surface area (Å²) in [6.07, 6.45) is 0. The summed E-state index contributed by atoms with van der Waals surface area (Å²) in [7, 11) is 3.69. The van der Waals surface area contributed by atoms with Crippen LogP contribution in [0.2, 0.25) is 0 Å². The van der Waals surface area contributed by atoms with E-state index in [4.69, 9.17) is 5.84 Å². The summed E-state index contributed by atoms with van der Waals surface area (Å²) in [6, 6.07) is 0. The lowest BCUT2D eigenvalue weighted by atomic mass is 10.4. The van der Waals surface area contributed by atoms with Crippen LogP contribution >= 0.6 is 15.9 Å². The van der Waals surface area contributed by atoms with Gasteiger partial charge in [-0.1, -0.05) is 0 Å². The third-order valence-corrected chi connectivity index (χ3v) is 3.68. The summed E-state index contributed by atoms with van der Waals surface area (Å²) in [5, 5.41) is 4.39. The Morgan fingerprint density at radius 3 is 2.37 bits per heavy atom. The highest BCUT2D eigenvalue weighted by Crippen LogP contribution is 2.22. The predicted molar refractivity (Wildman–Crippen MR) is 76.3 cm³/mol. The average molecular weight is 327 g/mol. The minimum atomic E-state index is 0.289. The van der Waals surface area contributed by atoms with Gasteiger partial charge in [-0.3, -0.25) is 5.43 Å². The second kappa shape index (κ2) is 5.10. The smallest absolute Gasteiger partial charge is 0.257 e. The first-order chi connectivity index (χ1) is 8.93. The van der Waals surface area contributed by atoms with E-state index in [1.807, 2.05) is 27.9 Å². The molecule has 9 heteroatoms. The number of nitrogen functional groups attached to an aromatic ring is 1. The normalized spacial score (nSPS) is 10.6. The van der Waals surface area contributed by atoms with Crippen LogP contribution in [0.5, 0.6) is 0 Å². The number of halogens is 1. The molecule has 0 spiro atoms. The van der Waals surface area contributed by atoms with Crippen LogP contribution in [0, 0.1) is 13.8 Å². The molecule has 2 rings (SSSR count). The van der Waals surface area contributed by atoms with Crippen LogP contribution in [0.1, 0.15) is 11.4 Å². The molecule has 0 aromatic carbocycles. The molecule has 8 nitrogen and oxygen atoms in total. The van der Waals surface area contributed by atoms with E-state index < -0.39 is 0 Å². The van der Waals surface area contributed by atoms with Crippen molar-refractivity contribution in [3.63, 3.8) is 0 Å². The van der Waals surface area contributed by atoms with Crippen LogP contribution < -0.4 is 16.2 Å². The largest absolute Gasteiger partial charge is 0.347 e. The van der Waals surface area contributed by atoms with E-state index >= 15 is 0 Å². The van der Waals surface area contributed by atoms with Crippen LogP contribution in [-0.2, 0) is 0 Å².